The second-order valence-corrected chi connectivity index (χ2v) is 5.82. The molecule has 0 aliphatic carbocycles. The number of aromatic nitrogens is 1. The number of rotatable bonds is 7. The zero-order valence-electron chi connectivity index (χ0n) is 15.0. The lowest BCUT2D eigenvalue weighted by atomic mass is 10.1. The first kappa shape index (κ1) is 21.3. The summed E-state index contributed by atoms with van der Waals surface area (Å²) in [4.78, 5) is 23.0. The molecule has 1 N–H and O–H groups in total. The zero-order chi connectivity index (χ0) is 17.5. The zero-order valence-corrected chi connectivity index (χ0v) is 17.1. The van der Waals surface area contributed by atoms with E-state index >= 15 is 0 Å². The van der Waals surface area contributed by atoms with Gasteiger partial charge in [-0.05, 0) is 38.0 Å². The van der Waals surface area contributed by atoms with Crippen molar-refractivity contribution in [2.45, 2.75) is 46.1 Å². The Morgan fingerprint density at radius 3 is 2.52 bits per heavy atom. The summed E-state index contributed by atoms with van der Waals surface area (Å²) in [6.07, 6.45) is 2.09. The fourth-order valence-corrected chi connectivity index (χ4v) is 2.80. The monoisotopic (exact) mass is 456 g/mol. The average molecular weight is 456 g/mol. The van der Waals surface area contributed by atoms with Crippen molar-refractivity contribution >= 4 is 28.5 Å². The van der Waals surface area contributed by atoms with Crippen molar-refractivity contribution in [2.24, 2.45) is 0 Å². The van der Waals surface area contributed by atoms with Gasteiger partial charge >= 0.3 is 5.97 Å². The van der Waals surface area contributed by atoms with E-state index in [9.17, 15) is 9.59 Å². The van der Waals surface area contributed by atoms with Gasteiger partial charge in [0, 0.05) is 43.0 Å². The maximum Gasteiger partial charge on any atom is 0.305 e. The molecule has 0 fully saturated rings. The molecular weight excluding hydrogens is 431 g/mol. The summed E-state index contributed by atoms with van der Waals surface area (Å²) in [5.41, 5.74) is 3.17. The van der Waals surface area contributed by atoms with Gasteiger partial charge in [0.05, 0.1) is 7.11 Å². The molecule has 1 aromatic heterocycles. The quantitative estimate of drug-likeness (QED) is 0.279. The third kappa shape index (κ3) is 5.95. The maximum absolute atomic E-state index is 12.0. The molecule has 0 aliphatic rings. The lowest BCUT2D eigenvalue weighted by Crippen LogP contribution is -3.00. The molecule has 6 heteroatoms. The second-order valence-electron chi connectivity index (χ2n) is 5.82. The van der Waals surface area contributed by atoms with Crippen LogP contribution in [0.2, 0.25) is 0 Å². The predicted molar refractivity (Wildman–Crippen MR) is 93.7 cm³/mol. The highest BCUT2D eigenvalue weighted by atomic mass is 127. The van der Waals surface area contributed by atoms with Crippen LogP contribution in [0.3, 0.4) is 0 Å². The number of pyridine rings is 1. The number of hydrogen-bond donors (Lipinski definition) is 1. The Morgan fingerprint density at radius 2 is 1.84 bits per heavy atom. The number of anilines is 1. The number of unbranched alkanes of at least 4 members (excludes halogenated alkanes) is 1. The molecule has 1 heterocycles. The van der Waals surface area contributed by atoms with Crippen molar-refractivity contribution in [3.8, 4) is 0 Å². The highest BCUT2D eigenvalue weighted by molar-refractivity contribution is 5.93. The summed E-state index contributed by atoms with van der Waals surface area (Å²) in [6.45, 7) is 5.12. The van der Waals surface area contributed by atoms with Crippen LogP contribution in [0.15, 0.2) is 30.3 Å². The molecule has 0 aliphatic heterocycles. The van der Waals surface area contributed by atoms with Crippen LogP contribution in [-0.4, -0.2) is 19.0 Å². The van der Waals surface area contributed by atoms with Crippen LogP contribution in [0.25, 0.3) is 10.9 Å². The predicted octanol–water partition coefficient (Wildman–Crippen LogP) is 0.132. The molecule has 2 rings (SSSR count). The van der Waals surface area contributed by atoms with Gasteiger partial charge in [0.1, 0.15) is 6.54 Å². The van der Waals surface area contributed by atoms with Crippen LogP contribution in [0.1, 0.15) is 38.3 Å². The molecule has 1 amide bonds. The van der Waals surface area contributed by atoms with Crippen LogP contribution < -0.4 is 33.9 Å². The molecule has 0 saturated heterocycles. The number of nitrogens with one attached hydrogen (secondary N) is 1. The highest BCUT2D eigenvalue weighted by Gasteiger charge is 2.11. The highest BCUT2D eigenvalue weighted by Crippen LogP contribution is 2.18. The standard InChI is InChI=1S/C19H24N2O3.HI/c1-4-21-14(2)9-10-15-13-16(11-12-17(15)21)20-18(22)7-5-6-8-19(23)24-3;/h9-13H,4-8H2,1-3H3;1H. The lowest BCUT2D eigenvalue weighted by Gasteiger charge is -2.07. The molecule has 0 bridgehead atoms. The molecule has 1 aromatic carbocycles. The number of ether oxygens (including phenoxy) is 1. The fraction of sp³-hybridized carbons (Fsp3) is 0.421. The van der Waals surface area contributed by atoms with Gasteiger partial charge < -0.3 is 34.0 Å². The number of benzene rings is 1. The van der Waals surface area contributed by atoms with Crippen molar-refractivity contribution in [1.82, 2.24) is 0 Å². The first-order chi connectivity index (χ1) is 11.5. The smallest absolute Gasteiger partial charge is 0.305 e. The number of amides is 1. The van der Waals surface area contributed by atoms with Crippen molar-refractivity contribution in [2.75, 3.05) is 12.4 Å². The van der Waals surface area contributed by atoms with Gasteiger partial charge in [0.25, 0.3) is 0 Å². The van der Waals surface area contributed by atoms with Gasteiger partial charge in [0.15, 0.2) is 5.69 Å². The summed E-state index contributed by atoms with van der Waals surface area (Å²) < 4.78 is 6.82. The third-order valence-electron chi connectivity index (χ3n) is 4.11. The number of halogens is 1. The molecular formula is C19H25IN2O3. The van der Waals surface area contributed by atoms with E-state index in [1.54, 1.807) is 0 Å². The summed E-state index contributed by atoms with van der Waals surface area (Å²) in [6, 6.07) is 10.1. The molecule has 0 atom stereocenters. The average Bonchev–Trinajstić information content (AvgIpc) is 2.58. The first-order valence-corrected chi connectivity index (χ1v) is 8.35. The molecule has 5 nitrogen and oxygen atoms in total. The minimum Gasteiger partial charge on any atom is -1.00 e. The van der Waals surface area contributed by atoms with Crippen LogP contribution in [0, 0.1) is 6.92 Å². The van der Waals surface area contributed by atoms with E-state index in [1.807, 2.05) is 18.2 Å². The van der Waals surface area contributed by atoms with Gasteiger partial charge in [-0.25, -0.2) is 0 Å². The van der Waals surface area contributed by atoms with E-state index in [2.05, 4.69) is 40.6 Å². The molecule has 0 unspecified atom stereocenters. The van der Waals surface area contributed by atoms with E-state index < -0.39 is 0 Å². The lowest BCUT2D eigenvalue weighted by molar-refractivity contribution is -0.673. The number of nitrogens with zero attached hydrogens (tertiary/aromatic N) is 1. The minimum absolute atomic E-state index is 0. The number of fused-ring (bicyclic) bond motifs is 1. The van der Waals surface area contributed by atoms with E-state index in [0.717, 1.165) is 23.1 Å². The molecule has 2 aromatic rings. The number of carbonyl (C=O) groups excluding carboxylic acids is 2. The second kappa shape index (κ2) is 10.3. The van der Waals surface area contributed by atoms with Crippen LogP contribution >= 0.6 is 0 Å². The number of carbonyl (C=O) groups is 2. The Morgan fingerprint density at radius 1 is 1.12 bits per heavy atom. The normalized spacial score (nSPS) is 10.2. The van der Waals surface area contributed by atoms with Gasteiger partial charge in [-0.2, -0.15) is 4.57 Å². The molecule has 0 spiro atoms. The Labute approximate surface area is 165 Å². The van der Waals surface area contributed by atoms with Crippen LogP contribution in [-0.2, 0) is 20.9 Å². The fourth-order valence-electron chi connectivity index (χ4n) is 2.80. The van der Waals surface area contributed by atoms with Gasteiger partial charge in [0.2, 0.25) is 11.4 Å². The summed E-state index contributed by atoms with van der Waals surface area (Å²) in [7, 11) is 1.37. The van der Waals surface area contributed by atoms with Crippen molar-refractivity contribution in [1.29, 1.82) is 0 Å². The number of esters is 1. The third-order valence-corrected chi connectivity index (χ3v) is 4.11. The summed E-state index contributed by atoms with van der Waals surface area (Å²) in [5.74, 6) is -0.265. The summed E-state index contributed by atoms with van der Waals surface area (Å²) in [5, 5.41) is 4.03. The first-order valence-electron chi connectivity index (χ1n) is 8.35. The largest absolute Gasteiger partial charge is 1.00 e. The van der Waals surface area contributed by atoms with E-state index in [1.165, 1.54) is 12.8 Å². The Hall–Kier alpha value is -1.70. The van der Waals surface area contributed by atoms with Gasteiger partial charge in [-0.1, -0.05) is 0 Å². The van der Waals surface area contributed by atoms with Crippen LogP contribution in [0.5, 0.6) is 0 Å². The Bertz CT molecular complexity index is 747. The summed E-state index contributed by atoms with van der Waals surface area (Å²) >= 11 is 0. The SMILES string of the molecule is CC[n+]1c(C)ccc2cc(NC(=O)CCCCC(=O)OC)ccc21.[I-]. The molecule has 0 saturated carbocycles. The number of methoxy groups -OCH3 is 1. The van der Waals surface area contributed by atoms with Gasteiger partial charge in [-0.3, -0.25) is 9.59 Å². The van der Waals surface area contributed by atoms with Gasteiger partial charge in [-0.15, -0.1) is 0 Å². The number of hydrogen-bond acceptors (Lipinski definition) is 3. The molecule has 25 heavy (non-hydrogen) atoms. The van der Waals surface area contributed by atoms with E-state index in [-0.39, 0.29) is 35.9 Å². The van der Waals surface area contributed by atoms with E-state index in [0.29, 0.717) is 25.7 Å². The maximum atomic E-state index is 12.0. The number of aryl methyl sites for hydroxylation is 2. The Balaban J connectivity index is 0.00000312. The van der Waals surface area contributed by atoms with Crippen molar-refractivity contribution < 1.29 is 42.9 Å². The topological polar surface area (TPSA) is 59.3 Å². The minimum atomic E-state index is -0.232. The van der Waals surface area contributed by atoms with Crippen LogP contribution in [0.4, 0.5) is 5.69 Å². The van der Waals surface area contributed by atoms with Crippen molar-refractivity contribution in [3.63, 3.8) is 0 Å². The van der Waals surface area contributed by atoms with Crippen molar-refractivity contribution in [3.05, 3.63) is 36.0 Å². The Kier molecular flexibility index (Phi) is 8.82. The molecule has 136 valence electrons. The van der Waals surface area contributed by atoms with E-state index in [4.69, 9.17) is 0 Å². The molecule has 0 radical (unpaired) electrons.